The predicted octanol–water partition coefficient (Wildman–Crippen LogP) is 1.64. The molecule has 0 amide bonds. The molecule has 0 aliphatic rings. The zero-order valence-corrected chi connectivity index (χ0v) is 12.0. The lowest BCUT2D eigenvalue weighted by molar-refractivity contribution is -0.140. The molecule has 0 aromatic carbocycles. The molecular formula is C14H16N2O5. The van der Waals surface area contributed by atoms with Gasteiger partial charge in [-0.2, -0.15) is 0 Å². The molecule has 0 atom stereocenters. The van der Waals surface area contributed by atoms with Crippen LogP contribution in [0.3, 0.4) is 0 Å². The van der Waals surface area contributed by atoms with Crippen LogP contribution in [-0.2, 0) is 19.1 Å². The van der Waals surface area contributed by atoms with Crippen molar-refractivity contribution in [2.24, 2.45) is 4.99 Å². The first-order chi connectivity index (χ1) is 9.97. The third-order valence-electron chi connectivity index (χ3n) is 2.48. The van der Waals surface area contributed by atoms with Crippen LogP contribution < -0.4 is 0 Å². The van der Waals surface area contributed by atoms with Crippen LogP contribution in [0.15, 0.2) is 34.7 Å². The Morgan fingerprint density at radius 2 is 2.10 bits per heavy atom. The second-order valence-corrected chi connectivity index (χ2v) is 4.05. The minimum Gasteiger partial charge on any atom is -0.511 e. The van der Waals surface area contributed by atoms with Crippen LogP contribution in [0.25, 0.3) is 0 Å². The summed E-state index contributed by atoms with van der Waals surface area (Å²) in [6.45, 7) is 1.87. The number of carbonyl (C=O) groups excluding carboxylic acids is 2. The molecule has 1 N–H and O–H groups in total. The molecule has 0 saturated carbocycles. The van der Waals surface area contributed by atoms with E-state index in [1.807, 2.05) is 6.92 Å². The van der Waals surface area contributed by atoms with Gasteiger partial charge in [-0.1, -0.05) is 0 Å². The van der Waals surface area contributed by atoms with Crippen LogP contribution in [0.2, 0.25) is 0 Å². The molecule has 0 aliphatic carbocycles. The Hall–Kier alpha value is -2.70. The van der Waals surface area contributed by atoms with Crippen molar-refractivity contribution in [1.29, 1.82) is 0 Å². The third kappa shape index (κ3) is 5.06. The maximum atomic E-state index is 11.6. The van der Waals surface area contributed by atoms with Gasteiger partial charge in [0.25, 0.3) is 0 Å². The number of rotatable bonds is 5. The number of carbonyl (C=O) groups is 2. The first-order valence-corrected chi connectivity index (χ1v) is 6.02. The highest BCUT2D eigenvalue weighted by Crippen LogP contribution is 2.12. The number of ether oxygens (including phenoxy) is 2. The van der Waals surface area contributed by atoms with Crippen molar-refractivity contribution in [1.82, 2.24) is 4.98 Å². The normalized spacial score (nSPS) is 12.0. The van der Waals surface area contributed by atoms with E-state index in [9.17, 15) is 14.7 Å². The number of methoxy groups -OCH3 is 2. The minimum absolute atomic E-state index is 0.230. The number of hydrogen-bond donors (Lipinski definition) is 1. The van der Waals surface area contributed by atoms with Crippen molar-refractivity contribution in [2.45, 2.75) is 13.3 Å². The van der Waals surface area contributed by atoms with Crippen molar-refractivity contribution in [3.63, 3.8) is 0 Å². The summed E-state index contributed by atoms with van der Waals surface area (Å²) >= 11 is 0. The first kappa shape index (κ1) is 16.4. The average molecular weight is 292 g/mol. The van der Waals surface area contributed by atoms with Crippen LogP contribution in [0.4, 0.5) is 5.82 Å². The monoisotopic (exact) mass is 292 g/mol. The summed E-state index contributed by atoms with van der Waals surface area (Å²) in [7, 11) is 2.34. The fraction of sp³-hybridized carbons (Fsp3) is 0.286. The number of pyridine rings is 1. The van der Waals surface area contributed by atoms with Crippen LogP contribution >= 0.6 is 0 Å². The number of aromatic nitrogens is 1. The summed E-state index contributed by atoms with van der Waals surface area (Å²) in [4.78, 5) is 30.7. The van der Waals surface area contributed by atoms with E-state index in [1.54, 1.807) is 18.3 Å². The number of aliphatic imine (C=N–C) groups is 1. The van der Waals surface area contributed by atoms with Crippen molar-refractivity contribution in [3.05, 3.63) is 35.2 Å². The summed E-state index contributed by atoms with van der Waals surface area (Å²) in [6.07, 6.45) is 2.22. The van der Waals surface area contributed by atoms with Crippen LogP contribution in [0.1, 0.15) is 12.0 Å². The van der Waals surface area contributed by atoms with Crippen LogP contribution in [0.5, 0.6) is 0 Å². The van der Waals surface area contributed by atoms with E-state index in [0.29, 0.717) is 5.82 Å². The van der Waals surface area contributed by atoms with Gasteiger partial charge in [-0.3, -0.25) is 4.79 Å². The van der Waals surface area contributed by atoms with E-state index in [1.165, 1.54) is 7.11 Å². The van der Waals surface area contributed by atoms with Gasteiger partial charge >= 0.3 is 11.9 Å². The Kier molecular flexibility index (Phi) is 6.06. The molecule has 1 aromatic rings. The van der Waals surface area contributed by atoms with Gasteiger partial charge in [-0.15, -0.1) is 0 Å². The van der Waals surface area contributed by atoms with E-state index in [0.717, 1.165) is 18.9 Å². The summed E-state index contributed by atoms with van der Waals surface area (Å²) < 4.78 is 8.96. The molecule has 112 valence electrons. The fourth-order valence-corrected chi connectivity index (χ4v) is 1.38. The summed E-state index contributed by atoms with van der Waals surface area (Å²) in [5, 5.41) is 9.81. The molecule has 0 unspecified atom stereocenters. The van der Waals surface area contributed by atoms with Gasteiger partial charge in [-0.25, -0.2) is 14.8 Å². The number of aliphatic hydroxyl groups is 1. The zero-order chi connectivity index (χ0) is 15.8. The van der Waals surface area contributed by atoms with Crippen molar-refractivity contribution < 1.29 is 24.2 Å². The number of esters is 2. The van der Waals surface area contributed by atoms with Crippen molar-refractivity contribution in [3.8, 4) is 0 Å². The highest BCUT2D eigenvalue weighted by atomic mass is 16.5. The quantitative estimate of drug-likeness (QED) is 0.383. The molecule has 1 rings (SSSR count). The third-order valence-corrected chi connectivity index (χ3v) is 2.48. The molecule has 0 bridgehead atoms. The second kappa shape index (κ2) is 7.78. The van der Waals surface area contributed by atoms with Gasteiger partial charge in [0, 0.05) is 12.4 Å². The second-order valence-electron chi connectivity index (χ2n) is 4.05. The maximum Gasteiger partial charge on any atom is 0.342 e. The molecule has 7 nitrogen and oxygen atoms in total. The van der Waals surface area contributed by atoms with E-state index in [2.05, 4.69) is 19.5 Å². The SMILES string of the molecule is COC(=O)C/C(O)=C(/C=Nc1cc(C)ccn1)C(=O)OC. The summed E-state index contributed by atoms with van der Waals surface area (Å²) in [6, 6.07) is 3.49. The fourth-order valence-electron chi connectivity index (χ4n) is 1.38. The number of aryl methyl sites for hydroxylation is 1. The average Bonchev–Trinajstić information content (AvgIpc) is 2.46. The van der Waals surface area contributed by atoms with Gasteiger partial charge < -0.3 is 14.6 Å². The highest BCUT2D eigenvalue weighted by Gasteiger charge is 2.17. The van der Waals surface area contributed by atoms with Gasteiger partial charge in [0.05, 0.1) is 14.2 Å². The van der Waals surface area contributed by atoms with Gasteiger partial charge in [0.1, 0.15) is 17.8 Å². The van der Waals surface area contributed by atoms with Gasteiger partial charge in [0.2, 0.25) is 0 Å². The van der Waals surface area contributed by atoms with E-state index in [4.69, 9.17) is 0 Å². The number of hydrogen-bond acceptors (Lipinski definition) is 7. The first-order valence-electron chi connectivity index (χ1n) is 6.02. The highest BCUT2D eigenvalue weighted by molar-refractivity contribution is 6.10. The lowest BCUT2D eigenvalue weighted by atomic mass is 10.2. The molecular weight excluding hydrogens is 276 g/mol. The molecule has 7 heteroatoms. The maximum absolute atomic E-state index is 11.6. The predicted molar refractivity (Wildman–Crippen MR) is 75.4 cm³/mol. The lowest BCUT2D eigenvalue weighted by Crippen LogP contribution is -2.12. The molecule has 21 heavy (non-hydrogen) atoms. The zero-order valence-electron chi connectivity index (χ0n) is 12.0. The molecule has 1 heterocycles. The largest absolute Gasteiger partial charge is 0.511 e. The molecule has 0 aliphatic heterocycles. The molecule has 0 saturated heterocycles. The molecule has 0 spiro atoms. The molecule has 0 radical (unpaired) electrons. The number of aliphatic hydroxyl groups excluding tert-OH is 1. The molecule has 0 fully saturated rings. The minimum atomic E-state index is -0.812. The smallest absolute Gasteiger partial charge is 0.342 e. The van der Waals surface area contributed by atoms with Crippen molar-refractivity contribution >= 4 is 24.0 Å². The Balaban J connectivity index is 3.06. The number of nitrogens with zero attached hydrogens (tertiary/aromatic N) is 2. The van der Waals surface area contributed by atoms with Gasteiger partial charge in [0.15, 0.2) is 5.82 Å². The Bertz CT molecular complexity index is 593. The Labute approximate surface area is 121 Å². The van der Waals surface area contributed by atoms with Crippen LogP contribution in [-0.4, -0.2) is 42.5 Å². The Morgan fingerprint density at radius 1 is 1.38 bits per heavy atom. The van der Waals surface area contributed by atoms with E-state index in [-0.39, 0.29) is 5.57 Å². The summed E-state index contributed by atoms with van der Waals surface area (Å²) in [5.41, 5.74) is 0.714. The van der Waals surface area contributed by atoms with E-state index >= 15 is 0 Å². The standard InChI is InChI=1S/C14H16N2O5/c1-9-4-5-15-12(6-9)16-8-10(14(19)21-3)11(17)7-13(18)20-2/h4-6,8,17H,7H2,1-3H3/b11-10+,16-8?. The lowest BCUT2D eigenvalue weighted by Gasteiger charge is -2.04. The van der Waals surface area contributed by atoms with Gasteiger partial charge in [-0.05, 0) is 24.6 Å². The Morgan fingerprint density at radius 3 is 2.67 bits per heavy atom. The van der Waals surface area contributed by atoms with Crippen molar-refractivity contribution in [2.75, 3.05) is 14.2 Å². The molecule has 1 aromatic heterocycles. The van der Waals surface area contributed by atoms with Crippen LogP contribution in [0, 0.1) is 6.92 Å². The summed E-state index contributed by atoms with van der Waals surface area (Å²) in [5.74, 6) is -1.61. The topological polar surface area (TPSA) is 98.1 Å². The van der Waals surface area contributed by atoms with E-state index < -0.39 is 24.1 Å².